The summed E-state index contributed by atoms with van der Waals surface area (Å²) in [6, 6.07) is 12.9. The molecule has 0 amide bonds. The molecular formula is C34H43N3O3. The van der Waals surface area contributed by atoms with E-state index in [1.165, 1.54) is 29.4 Å². The zero-order valence-corrected chi connectivity index (χ0v) is 25.1. The van der Waals surface area contributed by atoms with Crippen LogP contribution in [-0.2, 0) is 29.0 Å². The second-order valence-electron chi connectivity index (χ2n) is 10.9. The van der Waals surface area contributed by atoms with Crippen molar-refractivity contribution in [1.82, 2.24) is 14.9 Å². The number of carbonyl (C=O) groups is 1. The Balaban J connectivity index is 1.77. The van der Waals surface area contributed by atoms with Gasteiger partial charge in [0, 0.05) is 29.9 Å². The first-order chi connectivity index (χ1) is 19.2. The molecule has 0 fully saturated rings. The highest BCUT2D eigenvalue weighted by atomic mass is 16.5. The predicted molar refractivity (Wildman–Crippen MR) is 162 cm³/mol. The van der Waals surface area contributed by atoms with Crippen molar-refractivity contribution in [1.29, 1.82) is 0 Å². The van der Waals surface area contributed by atoms with E-state index in [1.54, 1.807) is 0 Å². The topological polar surface area (TPSA) is 64.5 Å². The van der Waals surface area contributed by atoms with E-state index in [9.17, 15) is 4.79 Å². The number of methoxy groups -OCH3 is 1. The van der Waals surface area contributed by atoms with Crippen molar-refractivity contribution in [2.75, 3.05) is 26.7 Å². The Labute approximate surface area is 239 Å². The Kier molecular flexibility index (Phi) is 9.75. The van der Waals surface area contributed by atoms with Crippen LogP contribution in [0.3, 0.4) is 0 Å². The van der Waals surface area contributed by atoms with Gasteiger partial charge in [-0.25, -0.2) is 9.97 Å². The fourth-order valence-corrected chi connectivity index (χ4v) is 5.27. The zero-order chi connectivity index (χ0) is 28.8. The molecule has 6 heteroatoms. The van der Waals surface area contributed by atoms with Gasteiger partial charge in [0.15, 0.2) is 5.82 Å². The van der Waals surface area contributed by atoms with Gasteiger partial charge in [0.1, 0.15) is 12.4 Å². The van der Waals surface area contributed by atoms with E-state index in [2.05, 4.69) is 88.9 Å². The number of ether oxygens (including phenoxy) is 2. The number of hydrogen-bond acceptors (Lipinski definition) is 6. The normalized spacial score (nSPS) is 13.8. The molecule has 3 aromatic rings. The summed E-state index contributed by atoms with van der Waals surface area (Å²) >= 11 is 0. The van der Waals surface area contributed by atoms with Crippen LogP contribution in [0.2, 0.25) is 0 Å². The maximum absolute atomic E-state index is 11.8. The van der Waals surface area contributed by atoms with Gasteiger partial charge >= 0.3 is 5.97 Å². The van der Waals surface area contributed by atoms with Crippen molar-refractivity contribution >= 4 is 11.5 Å². The van der Waals surface area contributed by atoms with Gasteiger partial charge in [-0.05, 0) is 72.9 Å². The molecule has 0 atom stereocenters. The Hall–Kier alpha value is -3.51. The van der Waals surface area contributed by atoms with Crippen molar-refractivity contribution in [3.8, 4) is 17.1 Å². The molecule has 0 bridgehead atoms. The largest absolute Gasteiger partial charge is 0.488 e. The van der Waals surface area contributed by atoms with E-state index in [-0.39, 0.29) is 5.97 Å². The first-order valence-electron chi connectivity index (χ1n) is 14.5. The van der Waals surface area contributed by atoms with E-state index in [0.29, 0.717) is 25.6 Å². The summed E-state index contributed by atoms with van der Waals surface area (Å²) in [5.74, 6) is 1.89. The third kappa shape index (κ3) is 6.61. The fraction of sp³-hybridized carbons (Fsp3) is 0.441. The van der Waals surface area contributed by atoms with Gasteiger partial charge in [-0.3, -0.25) is 9.69 Å². The molecule has 0 spiro atoms. The highest BCUT2D eigenvalue weighted by molar-refractivity contribution is 5.73. The smallest absolute Gasteiger partial charge is 0.319 e. The molecule has 1 aromatic heterocycles. The maximum Gasteiger partial charge on any atom is 0.319 e. The van der Waals surface area contributed by atoms with Crippen LogP contribution in [0.1, 0.15) is 79.2 Å². The molecule has 0 radical (unpaired) electrons. The van der Waals surface area contributed by atoms with Gasteiger partial charge in [0.25, 0.3) is 0 Å². The second-order valence-corrected chi connectivity index (χ2v) is 10.9. The molecule has 2 heterocycles. The van der Waals surface area contributed by atoms with Crippen molar-refractivity contribution in [2.24, 2.45) is 0 Å². The molecule has 4 rings (SSSR count). The predicted octanol–water partition coefficient (Wildman–Crippen LogP) is 6.85. The monoisotopic (exact) mass is 541 g/mol. The summed E-state index contributed by atoms with van der Waals surface area (Å²) in [6.45, 7) is 15.0. The van der Waals surface area contributed by atoms with E-state index >= 15 is 0 Å². The Morgan fingerprint density at radius 3 is 2.38 bits per heavy atom. The Bertz CT molecular complexity index is 1370. The Morgan fingerprint density at radius 2 is 1.77 bits per heavy atom. The van der Waals surface area contributed by atoms with Crippen molar-refractivity contribution in [3.63, 3.8) is 0 Å². The molecule has 1 aliphatic rings. The number of esters is 1. The molecule has 0 N–H and O–H groups in total. The van der Waals surface area contributed by atoms with Crippen LogP contribution in [-0.4, -0.2) is 47.6 Å². The van der Waals surface area contributed by atoms with Crippen molar-refractivity contribution in [3.05, 3.63) is 81.7 Å². The van der Waals surface area contributed by atoms with Crippen molar-refractivity contribution < 1.29 is 14.3 Å². The lowest BCUT2D eigenvalue weighted by Crippen LogP contribution is -2.34. The van der Waals surface area contributed by atoms with Crippen LogP contribution in [0.15, 0.2) is 42.5 Å². The molecule has 6 nitrogen and oxygen atoms in total. The van der Waals surface area contributed by atoms with Crippen LogP contribution >= 0.6 is 0 Å². The van der Waals surface area contributed by atoms with Crippen molar-refractivity contribution in [2.45, 2.75) is 73.3 Å². The molecule has 0 unspecified atom stereocenters. The maximum atomic E-state index is 11.8. The number of aromatic nitrogens is 2. The van der Waals surface area contributed by atoms with E-state index in [4.69, 9.17) is 19.4 Å². The molecule has 0 aliphatic carbocycles. The zero-order valence-electron chi connectivity index (χ0n) is 25.1. The van der Waals surface area contributed by atoms with Gasteiger partial charge in [0.2, 0.25) is 0 Å². The number of aryl methyl sites for hydroxylation is 4. The van der Waals surface area contributed by atoms with Gasteiger partial charge in [-0.2, -0.15) is 0 Å². The second kappa shape index (κ2) is 13.2. The highest BCUT2D eigenvalue weighted by Crippen LogP contribution is 2.33. The van der Waals surface area contributed by atoms with Crippen LogP contribution in [0, 0.1) is 13.8 Å². The summed E-state index contributed by atoms with van der Waals surface area (Å²) in [5, 5.41) is 0. The third-order valence-electron chi connectivity index (χ3n) is 7.87. The lowest BCUT2D eigenvalue weighted by Gasteiger charge is -2.26. The van der Waals surface area contributed by atoms with Gasteiger partial charge in [-0.15, -0.1) is 0 Å². The van der Waals surface area contributed by atoms with Gasteiger partial charge in [0.05, 0.1) is 19.3 Å². The van der Waals surface area contributed by atoms with Gasteiger partial charge in [-0.1, -0.05) is 64.1 Å². The van der Waals surface area contributed by atoms with Gasteiger partial charge < -0.3 is 9.47 Å². The quantitative estimate of drug-likeness (QED) is 0.262. The summed E-state index contributed by atoms with van der Waals surface area (Å²) in [5.41, 5.74) is 10.1. The lowest BCUT2D eigenvalue weighted by atomic mass is 9.95. The van der Waals surface area contributed by atoms with E-state index in [0.717, 1.165) is 65.5 Å². The fourth-order valence-electron chi connectivity index (χ4n) is 5.27. The first kappa shape index (κ1) is 29.5. The third-order valence-corrected chi connectivity index (χ3v) is 7.87. The molecule has 212 valence electrons. The lowest BCUT2D eigenvalue weighted by molar-refractivity contribution is -0.141. The molecule has 40 heavy (non-hydrogen) atoms. The number of hydrogen-bond donors (Lipinski definition) is 0. The molecular weight excluding hydrogens is 498 g/mol. The molecule has 0 saturated heterocycles. The van der Waals surface area contributed by atoms with Crippen LogP contribution in [0.4, 0.5) is 0 Å². The van der Waals surface area contributed by atoms with E-state index < -0.39 is 0 Å². The van der Waals surface area contributed by atoms with E-state index in [1.807, 2.05) is 0 Å². The molecule has 0 saturated carbocycles. The van der Waals surface area contributed by atoms with Crippen LogP contribution < -0.4 is 4.74 Å². The Morgan fingerprint density at radius 1 is 1.05 bits per heavy atom. The average molecular weight is 542 g/mol. The highest BCUT2D eigenvalue weighted by Gasteiger charge is 2.23. The standard InChI is InChI=1S/C34H43N3O3/c1-8-25-11-10-12-26(9-2)32(25)34-35-24(6)29(21-40-30-19-28(22(3)4)14-13-23(30)5)33(36-34)27-15-17-37(18-16-27)20-31(38)39-7/h10-15,19,22H,8-9,16-18,20-21H2,1-7H3. The minimum atomic E-state index is -0.214. The summed E-state index contributed by atoms with van der Waals surface area (Å²) in [7, 11) is 1.43. The molecule has 1 aliphatic heterocycles. The number of benzene rings is 2. The number of carbonyl (C=O) groups excluding carboxylic acids is 1. The van der Waals surface area contributed by atoms with Crippen LogP contribution in [0.5, 0.6) is 5.75 Å². The minimum absolute atomic E-state index is 0.214. The minimum Gasteiger partial charge on any atom is -0.488 e. The summed E-state index contributed by atoms with van der Waals surface area (Å²) in [6.07, 6.45) is 4.82. The number of nitrogens with zero attached hydrogens (tertiary/aromatic N) is 3. The van der Waals surface area contributed by atoms with Crippen LogP contribution in [0.25, 0.3) is 17.0 Å². The summed E-state index contributed by atoms with van der Waals surface area (Å²) in [4.78, 5) is 24.3. The number of rotatable bonds is 10. The first-order valence-corrected chi connectivity index (χ1v) is 14.5. The molecule has 2 aromatic carbocycles. The summed E-state index contributed by atoms with van der Waals surface area (Å²) < 4.78 is 11.3. The SMILES string of the molecule is CCc1cccc(CC)c1-c1nc(C)c(COc2cc(C(C)C)ccc2C)c(C2=CCN(CC(=O)OC)CC2)n1. The average Bonchev–Trinajstić information content (AvgIpc) is 2.96.